The molecule has 4 nitrogen and oxygen atoms in total. The smallest absolute Gasteiger partial charge is 0.119 e. The van der Waals surface area contributed by atoms with E-state index in [1.165, 1.54) is 12.8 Å². The third-order valence-electron chi connectivity index (χ3n) is 5.73. The highest BCUT2D eigenvalue weighted by Crippen LogP contribution is 2.42. The summed E-state index contributed by atoms with van der Waals surface area (Å²) in [7, 11) is 1.66. The Bertz CT molecular complexity index is 760. The Hall–Kier alpha value is -1.91. The van der Waals surface area contributed by atoms with Gasteiger partial charge in [0.2, 0.25) is 0 Å². The number of fused-ring (bicyclic) bond motifs is 4. The lowest BCUT2D eigenvalue weighted by Crippen LogP contribution is -2.55. The zero-order chi connectivity index (χ0) is 16.7. The number of aromatic nitrogens is 1. The van der Waals surface area contributed by atoms with Crippen molar-refractivity contribution in [1.29, 1.82) is 0 Å². The second-order valence-electron chi connectivity index (χ2n) is 6.96. The summed E-state index contributed by atoms with van der Waals surface area (Å²) in [5.74, 6) is 1.48. The minimum absolute atomic E-state index is 0.150. The minimum atomic E-state index is -0.520. The number of aliphatic hydroxyl groups excluding tert-OH is 1. The first-order chi connectivity index (χ1) is 11.7. The van der Waals surface area contributed by atoms with Crippen molar-refractivity contribution in [2.75, 3.05) is 13.7 Å². The molecule has 0 saturated carbocycles. The van der Waals surface area contributed by atoms with Crippen LogP contribution < -0.4 is 4.74 Å². The normalized spacial score (nSPS) is 30.2. The zero-order valence-corrected chi connectivity index (χ0v) is 14.1. The Kier molecular flexibility index (Phi) is 4.02. The van der Waals surface area contributed by atoms with E-state index in [0.717, 1.165) is 35.2 Å². The Labute approximate surface area is 142 Å². The number of nitrogens with zero attached hydrogens (tertiary/aromatic N) is 2. The van der Waals surface area contributed by atoms with Crippen LogP contribution in [0.1, 0.15) is 30.9 Å². The number of benzene rings is 1. The van der Waals surface area contributed by atoms with Crippen LogP contribution in [0.2, 0.25) is 0 Å². The van der Waals surface area contributed by atoms with E-state index in [2.05, 4.69) is 16.5 Å². The van der Waals surface area contributed by atoms with Crippen molar-refractivity contribution in [3.63, 3.8) is 0 Å². The molecule has 0 radical (unpaired) electrons. The summed E-state index contributed by atoms with van der Waals surface area (Å²) in [4.78, 5) is 6.86. The van der Waals surface area contributed by atoms with Crippen LogP contribution in [-0.4, -0.2) is 40.7 Å². The fourth-order valence-electron chi connectivity index (χ4n) is 4.48. The zero-order valence-electron chi connectivity index (χ0n) is 14.1. The van der Waals surface area contributed by atoms with Crippen LogP contribution in [0.4, 0.5) is 0 Å². The first-order valence-electron chi connectivity index (χ1n) is 8.70. The minimum Gasteiger partial charge on any atom is -0.497 e. The number of hydrogen-bond donors (Lipinski definition) is 1. The molecule has 3 aliphatic rings. The van der Waals surface area contributed by atoms with Gasteiger partial charge in [-0.1, -0.05) is 6.08 Å². The summed E-state index contributed by atoms with van der Waals surface area (Å²) in [5.41, 5.74) is 1.84. The van der Waals surface area contributed by atoms with Crippen molar-refractivity contribution >= 4 is 10.9 Å². The van der Waals surface area contributed by atoms with Crippen molar-refractivity contribution in [3.05, 3.63) is 48.7 Å². The largest absolute Gasteiger partial charge is 0.497 e. The van der Waals surface area contributed by atoms with Crippen LogP contribution in [0.25, 0.3) is 10.9 Å². The van der Waals surface area contributed by atoms with Crippen LogP contribution in [-0.2, 0) is 0 Å². The lowest BCUT2D eigenvalue weighted by atomic mass is 9.76. The molecule has 1 aromatic carbocycles. The second-order valence-corrected chi connectivity index (χ2v) is 6.96. The maximum absolute atomic E-state index is 11.2. The molecular formula is C20H24N2O2. The first kappa shape index (κ1) is 15.6. The molecule has 3 saturated heterocycles. The highest BCUT2D eigenvalue weighted by Gasteiger charge is 2.42. The van der Waals surface area contributed by atoms with E-state index in [1.807, 2.05) is 30.3 Å². The van der Waals surface area contributed by atoms with E-state index in [-0.39, 0.29) is 6.04 Å². The van der Waals surface area contributed by atoms with Gasteiger partial charge < -0.3 is 9.84 Å². The molecule has 0 amide bonds. The molecule has 3 aliphatic heterocycles. The maximum Gasteiger partial charge on any atom is 0.119 e. The lowest BCUT2D eigenvalue weighted by Gasteiger charge is -2.51. The van der Waals surface area contributed by atoms with E-state index < -0.39 is 6.10 Å². The Balaban J connectivity index is 1.73. The Morgan fingerprint density at radius 2 is 2.25 bits per heavy atom. The quantitative estimate of drug-likeness (QED) is 0.877. The summed E-state index contributed by atoms with van der Waals surface area (Å²) in [6.45, 7) is 5.04. The number of aliphatic hydroxyl groups is 1. The summed E-state index contributed by atoms with van der Waals surface area (Å²) in [6, 6.07) is 8.31. The van der Waals surface area contributed by atoms with Gasteiger partial charge in [0.1, 0.15) is 5.75 Å². The fraction of sp³-hybridized carbons (Fsp3) is 0.450. The summed E-state index contributed by atoms with van der Waals surface area (Å²) < 4.78 is 5.35. The monoisotopic (exact) mass is 324 g/mol. The van der Waals surface area contributed by atoms with E-state index >= 15 is 0 Å². The molecular weight excluding hydrogens is 300 g/mol. The van der Waals surface area contributed by atoms with Crippen molar-refractivity contribution in [2.24, 2.45) is 5.92 Å². The van der Waals surface area contributed by atoms with E-state index in [1.54, 1.807) is 13.3 Å². The van der Waals surface area contributed by atoms with Gasteiger partial charge in [-0.3, -0.25) is 9.88 Å². The lowest BCUT2D eigenvalue weighted by molar-refractivity contribution is -0.0473. The first-order valence-corrected chi connectivity index (χ1v) is 8.70. The predicted octanol–water partition coefficient (Wildman–Crippen LogP) is 3.32. The Morgan fingerprint density at radius 1 is 1.38 bits per heavy atom. The molecule has 4 heteroatoms. The van der Waals surface area contributed by atoms with Gasteiger partial charge in [0, 0.05) is 23.7 Å². The molecule has 2 aromatic rings. The van der Waals surface area contributed by atoms with Crippen LogP contribution in [0.15, 0.2) is 43.1 Å². The molecule has 0 spiro atoms. The third-order valence-corrected chi connectivity index (χ3v) is 5.73. The van der Waals surface area contributed by atoms with Gasteiger partial charge in [0.05, 0.1) is 18.7 Å². The van der Waals surface area contributed by atoms with Crippen molar-refractivity contribution in [3.8, 4) is 5.75 Å². The van der Waals surface area contributed by atoms with Crippen LogP contribution in [0.3, 0.4) is 0 Å². The Morgan fingerprint density at radius 3 is 3.00 bits per heavy atom. The SMILES string of the molecule is C=C[C@@H]1C[C@H]2CCN1[C@@H]([C@H](O)c1ccnc3ccc(OC)cc13)C2. The highest BCUT2D eigenvalue weighted by molar-refractivity contribution is 5.83. The highest BCUT2D eigenvalue weighted by atomic mass is 16.5. The van der Waals surface area contributed by atoms with Gasteiger partial charge >= 0.3 is 0 Å². The number of piperidine rings is 3. The van der Waals surface area contributed by atoms with Crippen LogP contribution >= 0.6 is 0 Å². The maximum atomic E-state index is 11.2. The average Bonchev–Trinajstić information content (AvgIpc) is 2.66. The number of pyridine rings is 1. The number of methoxy groups -OCH3 is 1. The molecule has 1 aromatic heterocycles. The average molecular weight is 324 g/mol. The molecule has 5 atom stereocenters. The van der Waals surface area contributed by atoms with Crippen LogP contribution in [0.5, 0.6) is 5.75 Å². The van der Waals surface area contributed by atoms with Gasteiger partial charge in [-0.25, -0.2) is 0 Å². The van der Waals surface area contributed by atoms with E-state index in [9.17, 15) is 5.11 Å². The standard InChI is InChI=1S/C20H24N2O2/c1-3-14-10-13-7-9-22(14)19(11-13)20(23)16-6-8-21-18-5-4-15(24-2)12-17(16)18/h3-6,8,12-14,19-20,23H,1,7,9-11H2,2H3/t13-,14-,19-,20-/m1/s1. The second kappa shape index (κ2) is 6.19. The predicted molar refractivity (Wildman–Crippen MR) is 95.1 cm³/mol. The fourth-order valence-corrected chi connectivity index (χ4v) is 4.48. The van der Waals surface area contributed by atoms with Gasteiger partial charge in [0.25, 0.3) is 0 Å². The third kappa shape index (κ3) is 2.50. The summed E-state index contributed by atoms with van der Waals surface area (Å²) >= 11 is 0. The van der Waals surface area contributed by atoms with Gasteiger partial charge in [0.15, 0.2) is 0 Å². The van der Waals surface area contributed by atoms with Crippen molar-refractivity contribution in [2.45, 2.75) is 37.5 Å². The van der Waals surface area contributed by atoms with Gasteiger partial charge in [-0.15, -0.1) is 6.58 Å². The number of rotatable bonds is 4. The molecule has 3 fully saturated rings. The number of ether oxygens (including phenoxy) is 1. The number of hydrogen-bond acceptors (Lipinski definition) is 4. The van der Waals surface area contributed by atoms with Crippen molar-refractivity contribution < 1.29 is 9.84 Å². The van der Waals surface area contributed by atoms with Crippen LogP contribution in [0, 0.1) is 5.92 Å². The van der Waals surface area contributed by atoms with E-state index in [0.29, 0.717) is 12.0 Å². The molecule has 126 valence electrons. The van der Waals surface area contributed by atoms with E-state index in [4.69, 9.17) is 4.74 Å². The molecule has 4 heterocycles. The summed E-state index contributed by atoms with van der Waals surface area (Å²) in [5, 5.41) is 12.2. The molecule has 2 bridgehead atoms. The molecule has 5 rings (SSSR count). The van der Waals surface area contributed by atoms with Gasteiger partial charge in [-0.05, 0) is 61.6 Å². The molecule has 24 heavy (non-hydrogen) atoms. The topological polar surface area (TPSA) is 45.6 Å². The van der Waals surface area contributed by atoms with Gasteiger partial charge in [-0.2, -0.15) is 0 Å². The van der Waals surface area contributed by atoms with Crippen molar-refractivity contribution in [1.82, 2.24) is 9.88 Å². The molecule has 0 aliphatic carbocycles. The molecule has 1 unspecified atom stereocenters. The summed E-state index contributed by atoms with van der Waals surface area (Å²) in [6.07, 6.45) is 6.77. The molecule has 1 N–H and O–H groups in total.